The van der Waals surface area contributed by atoms with Crippen LogP contribution in [0.25, 0.3) is 0 Å². The summed E-state index contributed by atoms with van der Waals surface area (Å²) >= 11 is 0. The van der Waals surface area contributed by atoms with Gasteiger partial charge in [0.25, 0.3) is 0 Å². The van der Waals surface area contributed by atoms with Gasteiger partial charge in [-0.05, 0) is 112 Å². The van der Waals surface area contributed by atoms with Crippen LogP contribution in [0.1, 0.15) is 147 Å². The third-order valence-electron chi connectivity index (χ3n) is 10.7. The number of hydrogen-bond acceptors (Lipinski definition) is 4. The Labute approximate surface area is 272 Å². The average Bonchev–Trinajstić information content (AvgIpc) is 2.90. The lowest BCUT2D eigenvalue weighted by Gasteiger charge is -2.33. The number of Topliss-reactive ketones (excluding diaryl/α,β-unsaturated/α-hetero) is 3. The third kappa shape index (κ3) is 14.3. The number of carbonyl (C=O) groups is 3. The topological polar surface area (TPSA) is 71.4 Å². The van der Waals surface area contributed by atoms with Gasteiger partial charge in [-0.1, -0.05) is 87.0 Å². The predicted molar refractivity (Wildman–Crippen MR) is 186 cm³/mol. The van der Waals surface area contributed by atoms with Gasteiger partial charge in [-0.2, -0.15) is 0 Å². The van der Waals surface area contributed by atoms with Crippen LogP contribution in [-0.4, -0.2) is 28.6 Å². The summed E-state index contributed by atoms with van der Waals surface area (Å²) in [6.07, 6.45) is 13.6. The number of rotatable bonds is 4. The molecular formula is C40H70O4. The minimum Gasteiger partial charge on any atom is -0.393 e. The van der Waals surface area contributed by atoms with Crippen molar-refractivity contribution >= 4 is 17.3 Å². The van der Waals surface area contributed by atoms with Crippen LogP contribution in [0.2, 0.25) is 0 Å². The molecular weight excluding hydrogens is 544 g/mol. The van der Waals surface area contributed by atoms with Crippen LogP contribution in [0.15, 0.2) is 23.8 Å². The Balaban J connectivity index is 0.000000293. The number of hydrogen-bond donors (Lipinski definition) is 1. The van der Waals surface area contributed by atoms with Gasteiger partial charge in [0.2, 0.25) is 0 Å². The second kappa shape index (κ2) is 19.9. The van der Waals surface area contributed by atoms with Crippen LogP contribution < -0.4 is 0 Å². The number of aliphatic hydroxyl groups excluding tert-OH is 1. The fourth-order valence-electron chi connectivity index (χ4n) is 7.28. The molecule has 44 heavy (non-hydrogen) atoms. The van der Waals surface area contributed by atoms with Crippen molar-refractivity contribution in [2.24, 2.45) is 59.2 Å². The summed E-state index contributed by atoms with van der Waals surface area (Å²) in [6, 6.07) is 0. The van der Waals surface area contributed by atoms with Crippen molar-refractivity contribution in [2.75, 3.05) is 0 Å². The van der Waals surface area contributed by atoms with Crippen molar-refractivity contribution in [3.8, 4) is 0 Å². The fraction of sp³-hybridized carbons (Fsp3) is 0.825. The van der Waals surface area contributed by atoms with Gasteiger partial charge < -0.3 is 5.11 Å². The van der Waals surface area contributed by atoms with Crippen LogP contribution in [0, 0.1) is 59.2 Å². The average molecular weight is 615 g/mol. The van der Waals surface area contributed by atoms with Gasteiger partial charge in [-0.15, -0.1) is 0 Å². The Hall–Kier alpha value is -1.55. The highest BCUT2D eigenvalue weighted by atomic mass is 16.3. The van der Waals surface area contributed by atoms with E-state index in [1.807, 2.05) is 19.9 Å². The van der Waals surface area contributed by atoms with E-state index in [0.29, 0.717) is 71.2 Å². The van der Waals surface area contributed by atoms with Crippen molar-refractivity contribution < 1.29 is 19.5 Å². The lowest BCUT2D eigenvalue weighted by atomic mass is 9.75. The van der Waals surface area contributed by atoms with E-state index in [0.717, 1.165) is 55.6 Å². The molecule has 4 aliphatic rings. The molecule has 0 spiro atoms. The second-order valence-corrected chi connectivity index (χ2v) is 16.1. The molecule has 4 aliphatic carbocycles. The van der Waals surface area contributed by atoms with Crippen molar-refractivity contribution in [1.82, 2.24) is 0 Å². The molecule has 4 heteroatoms. The van der Waals surface area contributed by atoms with Gasteiger partial charge in [-0.3, -0.25) is 14.4 Å². The van der Waals surface area contributed by atoms with E-state index in [1.54, 1.807) is 0 Å². The summed E-state index contributed by atoms with van der Waals surface area (Å²) in [5.41, 5.74) is 2.05. The van der Waals surface area contributed by atoms with Gasteiger partial charge in [0, 0.05) is 31.1 Å². The number of carbonyl (C=O) groups excluding carboxylic acids is 3. The third-order valence-corrected chi connectivity index (χ3v) is 10.7. The summed E-state index contributed by atoms with van der Waals surface area (Å²) in [5, 5.41) is 9.71. The molecule has 3 saturated carbocycles. The van der Waals surface area contributed by atoms with Crippen LogP contribution in [0.5, 0.6) is 0 Å². The van der Waals surface area contributed by atoms with E-state index < -0.39 is 0 Å². The predicted octanol–water partition coefficient (Wildman–Crippen LogP) is 10.2. The molecule has 0 saturated heterocycles. The maximum absolute atomic E-state index is 11.4. The summed E-state index contributed by atoms with van der Waals surface area (Å²) in [7, 11) is 0. The van der Waals surface area contributed by atoms with E-state index in [-0.39, 0.29) is 11.9 Å². The van der Waals surface area contributed by atoms with E-state index in [4.69, 9.17) is 0 Å². The summed E-state index contributed by atoms with van der Waals surface area (Å²) in [4.78, 5) is 34.1. The standard InChI is InChI=1S/C10H14O.C10H20O.2C10H18O/c1-7(2)9-5-4-8(3)10(11)6-9;3*1-7(2)9-5-4-8(3)6-10(9)11/h4,9H,1,5-6H2,2-3H3;7-11H,4-6H2,1-3H3;2*7-9H,4-6H2,1-3H3/t9-;8-,9+,10-;8-,9+;8-,9-/m1111/s1. The first kappa shape index (κ1) is 40.5. The van der Waals surface area contributed by atoms with Crippen molar-refractivity contribution in [3.05, 3.63) is 23.8 Å². The molecule has 8 atom stereocenters. The normalized spacial score (nSPS) is 32.5. The maximum atomic E-state index is 11.4. The maximum Gasteiger partial charge on any atom is 0.158 e. The van der Waals surface area contributed by atoms with E-state index in [9.17, 15) is 19.5 Å². The molecule has 0 amide bonds. The first-order chi connectivity index (χ1) is 20.4. The van der Waals surface area contributed by atoms with Gasteiger partial charge >= 0.3 is 0 Å². The molecule has 0 aromatic rings. The lowest BCUT2D eigenvalue weighted by Crippen LogP contribution is -2.31. The minimum atomic E-state index is -0.0289. The van der Waals surface area contributed by atoms with Crippen LogP contribution in [0.4, 0.5) is 0 Å². The first-order valence-electron chi connectivity index (χ1n) is 18.0. The summed E-state index contributed by atoms with van der Waals surface area (Å²) < 4.78 is 0. The highest BCUT2D eigenvalue weighted by molar-refractivity contribution is 5.95. The number of ketones is 3. The smallest absolute Gasteiger partial charge is 0.158 e. The SMILES string of the molecule is C=C(C)[C@@H]1CC=C(C)C(=O)C1.CC(C)[C@@H]1CC[C@@H](C)CC1=O.CC(C)[C@@H]1CC[C@@H](C)C[C@H]1O.CC(C)[C@H]1CC[C@@H](C)CC1=O. The molecule has 254 valence electrons. The van der Waals surface area contributed by atoms with Crippen molar-refractivity contribution in [3.63, 3.8) is 0 Å². The zero-order valence-corrected chi connectivity index (χ0v) is 30.6. The largest absolute Gasteiger partial charge is 0.393 e. The Kier molecular flexibility index (Phi) is 18.3. The van der Waals surface area contributed by atoms with Gasteiger partial charge in [0.05, 0.1) is 6.10 Å². The summed E-state index contributed by atoms with van der Waals surface area (Å²) in [5.74, 6) is 6.73. The van der Waals surface area contributed by atoms with Crippen LogP contribution in [-0.2, 0) is 14.4 Å². The van der Waals surface area contributed by atoms with E-state index >= 15 is 0 Å². The van der Waals surface area contributed by atoms with E-state index in [1.165, 1.54) is 25.7 Å². The first-order valence-corrected chi connectivity index (χ1v) is 18.0. The Bertz CT molecular complexity index is 905. The van der Waals surface area contributed by atoms with Gasteiger partial charge in [0.15, 0.2) is 5.78 Å². The van der Waals surface area contributed by atoms with Crippen LogP contribution >= 0.6 is 0 Å². The second-order valence-electron chi connectivity index (χ2n) is 16.1. The van der Waals surface area contributed by atoms with Gasteiger partial charge in [0.1, 0.15) is 11.6 Å². The molecule has 1 N–H and O–H groups in total. The molecule has 4 nitrogen and oxygen atoms in total. The number of aliphatic hydroxyl groups is 1. The highest BCUT2D eigenvalue weighted by Crippen LogP contribution is 2.33. The number of allylic oxidation sites excluding steroid dienone is 3. The summed E-state index contributed by atoms with van der Waals surface area (Å²) in [6.45, 7) is 27.4. The minimum absolute atomic E-state index is 0.0289. The molecule has 0 aliphatic heterocycles. The van der Waals surface area contributed by atoms with Crippen molar-refractivity contribution in [2.45, 2.75) is 153 Å². The molecule has 0 unspecified atom stereocenters. The quantitative estimate of drug-likeness (QED) is 0.320. The van der Waals surface area contributed by atoms with Crippen LogP contribution in [0.3, 0.4) is 0 Å². The fourth-order valence-corrected chi connectivity index (χ4v) is 7.28. The molecule has 4 rings (SSSR count). The highest BCUT2D eigenvalue weighted by Gasteiger charge is 2.30. The Morgan fingerprint density at radius 3 is 1.52 bits per heavy atom. The molecule has 0 aromatic carbocycles. The molecule has 0 radical (unpaired) electrons. The monoisotopic (exact) mass is 615 g/mol. The zero-order chi connectivity index (χ0) is 33.7. The molecule has 0 bridgehead atoms. The molecule has 3 fully saturated rings. The van der Waals surface area contributed by atoms with Crippen molar-refractivity contribution in [1.29, 1.82) is 0 Å². The molecule has 0 heterocycles. The Morgan fingerprint density at radius 2 is 1.18 bits per heavy atom. The van der Waals surface area contributed by atoms with E-state index in [2.05, 4.69) is 68.9 Å². The van der Waals surface area contributed by atoms with Gasteiger partial charge in [-0.25, -0.2) is 0 Å². The Morgan fingerprint density at radius 1 is 0.727 bits per heavy atom. The lowest BCUT2D eigenvalue weighted by molar-refractivity contribution is -0.128. The zero-order valence-electron chi connectivity index (χ0n) is 30.6. The molecule has 0 aromatic heterocycles.